The van der Waals surface area contributed by atoms with Crippen LogP contribution in [-0.2, 0) is 4.74 Å². The van der Waals surface area contributed by atoms with Gasteiger partial charge in [0.15, 0.2) is 0 Å². The normalized spacial score (nSPS) is 21.2. The van der Waals surface area contributed by atoms with E-state index in [-0.39, 0.29) is 11.9 Å². The van der Waals surface area contributed by atoms with Crippen LogP contribution in [0.15, 0.2) is 22.7 Å². The van der Waals surface area contributed by atoms with Crippen molar-refractivity contribution in [1.29, 1.82) is 0 Å². The Bertz CT molecular complexity index is 393. The molecule has 100 valence electrons. The molecule has 0 radical (unpaired) electrons. The van der Waals surface area contributed by atoms with Gasteiger partial charge in [0.25, 0.3) is 0 Å². The Hall–Kier alpha value is -0.450. The molecule has 4 heteroatoms. The monoisotopic (exact) mass is 315 g/mol. The Balaban J connectivity index is 1.81. The van der Waals surface area contributed by atoms with E-state index in [9.17, 15) is 4.39 Å². The highest BCUT2D eigenvalue weighted by Crippen LogP contribution is 2.24. The summed E-state index contributed by atoms with van der Waals surface area (Å²) >= 11 is 3.40. The lowest BCUT2D eigenvalue weighted by Crippen LogP contribution is -2.23. The van der Waals surface area contributed by atoms with Gasteiger partial charge >= 0.3 is 0 Å². The zero-order chi connectivity index (χ0) is 13.0. The number of benzene rings is 1. The standard InChI is InChI=1S/C14H19BrFNO/c1-10(13-5-4-11(16)9-14(13)15)17-7-6-12-3-2-8-18-12/h4-5,9-10,12,17H,2-3,6-8H2,1H3. The topological polar surface area (TPSA) is 21.3 Å². The highest BCUT2D eigenvalue weighted by atomic mass is 79.9. The molecule has 1 heterocycles. The molecule has 1 aromatic rings. The minimum Gasteiger partial charge on any atom is -0.378 e. The minimum atomic E-state index is -0.211. The van der Waals surface area contributed by atoms with Crippen LogP contribution in [0.25, 0.3) is 0 Å². The van der Waals surface area contributed by atoms with E-state index in [0.717, 1.165) is 29.6 Å². The van der Waals surface area contributed by atoms with Gasteiger partial charge in [0, 0.05) is 17.1 Å². The molecule has 1 fully saturated rings. The molecule has 18 heavy (non-hydrogen) atoms. The van der Waals surface area contributed by atoms with Crippen molar-refractivity contribution in [3.8, 4) is 0 Å². The number of hydrogen-bond donors (Lipinski definition) is 1. The Morgan fingerprint density at radius 3 is 3.06 bits per heavy atom. The molecule has 1 saturated heterocycles. The van der Waals surface area contributed by atoms with Crippen molar-refractivity contribution < 1.29 is 9.13 Å². The van der Waals surface area contributed by atoms with E-state index < -0.39 is 0 Å². The van der Waals surface area contributed by atoms with E-state index in [2.05, 4.69) is 28.2 Å². The summed E-state index contributed by atoms with van der Waals surface area (Å²) in [6.07, 6.45) is 3.82. The lowest BCUT2D eigenvalue weighted by atomic mass is 10.1. The van der Waals surface area contributed by atoms with Gasteiger partial charge in [0.05, 0.1) is 6.10 Å². The predicted molar refractivity (Wildman–Crippen MR) is 74.1 cm³/mol. The quantitative estimate of drug-likeness (QED) is 0.892. The van der Waals surface area contributed by atoms with Crippen LogP contribution < -0.4 is 5.32 Å². The highest BCUT2D eigenvalue weighted by Gasteiger charge is 2.16. The zero-order valence-electron chi connectivity index (χ0n) is 10.6. The maximum atomic E-state index is 13.0. The Morgan fingerprint density at radius 2 is 2.39 bits per heavy atom. The summed E-state index contributed by atoms with van der Waals surface area (Å²) in [5.74, 6) is -0.211. The smallest absolute Gasteiger partial charge is 0.124 e. The lowest BCUT2D eigenvalue weighted by Gasteiger charge is -2.17. The van der Waals surface area contributed by atoms with E-state index in [1.54, 1.807) is 0 Å². The van der Waals surface area contributed by atoms with Gasteiger partial charge in [-0.05, 0) is 50.4 Å². The first-order valence-corrected chi connectivity index (χ1v) is 7.26. The Kier molecular flexibility index (Phi) is 5.15. The van der Waals surface area contributed by atoms with Crippen LogP contribution >= 0.6 is 15.9 Å². The summed E-state index contributed by atoms with van der Waals surface area (Å²) in [7, 11) is 0. The summed E-state index contributed by atoms with van der Waals surface area (Å²) in [6.45, 7) is 3.92. The van der Waals surface area contributed by atoms with Gasteiger partial charge in [-0.1, -0.05) is 22.0 Å². The third-order valence-electron chi connectivity index (χ3n) is 3.37. The van der Waals surface area contributed by atoms with E-state index >= 15 is 0 Å². The zero-order valence-corrected chi connectivity index (χ0v) is 12.2. The summed E-state index contributed by atoms with van der Waals surface area (Å²) in [4.78, 5) is 0. The van der Waals surface area contributed by atoms with Crippen LogP contribution in [-0.4, -0.2) is 19.3 Å². The SMILES string of the molecule is CC(NCCC1CCCO1)c1ccc(F)cc1Br. The van der Waals surface area contributed by atoms with Gasteiger partial charge in [-0.15, -0.1) is 0 Å². The second-order valence-corrected chi connectivity index (χ2v) is 5.62. The third-order valence-corrected chi connectivity index (χ3v) is 4.06. The van der Waals surface area contributed by atoms with Crippen LogP contribution in [0.5, 0.6) is 0 Å². The van der Waals surface area contributed by atoms with Gasteiger partial charge in [0.2, 0.25) is 0 Å². The number of hydrogen-bond acceptors (Lipinski definition) is 2. The van der Waals surface area contributed by atoms with Gasteiger partial charge in [-0.2, -0.15) is 0 Å². The van der Waals surface area contributed by atoms with Crippen LogP contribution in [0.2, 0.25) is 0 Å². The number of rotatable bonds is 5. The minimum absolute atomic E-state index is 0.210. The summed E-state index contributed by atoms with van der Waals surface area (Å²) < 4.78 is 19.4. The first kappa shape index (κ1) is 14.0. The molecule has 0 aromatic heterocycles. The molecule has 2 atom stereocenters. The van der Waals surface area contributed by atoms with Gasteiger partial charge in [-0.3, -0.25) is 0 Å². The van der Waals surface area contributed by atoms with Crippen molar-refractivity contribution in [2.45, 2.75) is 38.3 Å². The molecule has 0 bridgehead atoms. The Labute approximate surface area is 116 Å². The van der Waals surface area contributed by atoms with E-state index in [4.69, 9.17) is 4.74 Å². The maximum absolute atomic E-state index is 13.0. The molecule has 0 amide bonds. The van der Waals surface area contributed by atoms with Crippen molar-refractivity contribution in [1.82, 2.24) is 5.32 Å². The van der Waals surface area contributed by atoms with Crippen molar-refractivity contribution in [3.05, 3.63) is 34.1 Å². The number of ether oxygens (including phenoxy) is 1. The van der Waals surface area contributed by atoms with Crippen molar-refractivity contribution in [2.24, 2.45) is 0 Å². The molecule has 0 saturated carbocycles. The molecule has 2 nitrogen and oxygen atoms in total. The number of nitrogens with one attached hydrogen (secondary N) is 1. The second kappa shape index (κ2) is 6.64. The summed E-state index contributed by atoms with van der Waals surface area (Å²) in [5, 5.41) is 3.45. The molecular weight excluding hydrogens is 297 g/mol. The third kappa shape index (κ3) is 3.77. The molecule has 0 aliphatic carbocycles. The van der Waals surface area contributed by atoms with Crippen LogP contribution in [0.1, 0.15) is 37.8 Å². The van der Waals surface area contributed by atoms with Gasteiger partial charge in [-0.25, -0.2) is 4.39 Å². The van der Waals surface area contributed by atoms with Crippen molar-refractivity contribution in [3.63, 3.8) is 0 Å². The molecule has 1 aliphatic heterocycles. The molecular formula is C14H19BrFNO. The molecule has 1 aromatic carbocycles. The van der Waals surface area contributed by atoms with E-state index in [1.807, 2.05) is 6.07 Å². The molecule has 0 spiro atoms. The fourth-order valence-electron chi connectivity index (χ4n) is 2.30. The molecule has 2 unspecified atom stereocenters. The average molecular weight is 316 g/mol. The average Bonchev–Trinajstić information content (AvgIpc) is 2.81. The van der Waals surface area contributed by atoms with Crippen molar-refractivity contribution >= 4 is 15.9 Å². The highest BCUT2D eigenvalue weighted by molar-refractivity contribution is 9.10. The molecule has 1 N–H and O–H groups in total. The van der Waals surface area contributed by atoms with Crippen LogP contribution in [0.4, 0.5) is 4.39 Å². The maximum Gasteiger partial charge on any atom is 0.124 e. The molecule has 2 rings (SSSR count). The van der Waals surface area contributed by atoms with Gasteiger partial charge in [0.1, 0.15) is 5.82 Å². The predicted octanol–water partition coefficient (Wildman–Crippen LogP) is 3.81. The number of halogens is 2. The fourth-order valence-corrected chi connectivity index (χ4v) is 2.99. The fraction of sp³-hybridized carbons (Fsp3) is 0.571. The largest absolute Gasteiger partial charge is 0.378 e. The summed E-state index contributed by atoms with van der Waals surface area (Å²) in [5.41, 5.74) is 1.09. The van der Waals surface area contributed by atoms with Crippen LogP contribution in [0, 0.1) is 5.82 Å². The first-order chi connectivity index (χ1) is 8.66. The molecule has 1 aliphatic rings. The first-order valence-electron chi connectivity index (χ1n) is 6.47. The van der Waals surface area contributed by atoms with Crippen LogP contribution in [0.3, 0.4) is 0 Å². The van der Waals surface area contributed by atoms with E-state index in [1.165, 1.54) is 25.0 Å². The second-order valence-electron chi connectivity index (χ2n) is 4.77. The lowest BCUT2D eigenvalue weighted by molar-refractivity contribution is 0.103. The Morgan fingerprint density at radius 1 is 1.56 bits per heavy atom. The van der Waals surface area contributed by atoms with E-state index in [0.29, 0.717) is 6.10 Å². The van der Waals surface area contributed by atoms with Gasteiger partial charge < -0.3 is 10.1 Å². The summed E-state index contributed by atoms with van der Waals surface area (Å²) in [6, 6.07) is 5.04. The van der Waals surface area contributed by atoms with Crippen molar-refractivity contribution in [2.75, 3.05) is 13.2 Å².